The van der Waals surface area contributed by atoms with Gasteiger partial charge in [0.1, 0.15) is 5.75 Å². The molecule has 0 saturated heterocycles. The lowest BCUT2D eigenvalue weighted by molar-refractivity contribution is -0.121. The van der Waals surface area contributed by atoms with Crippen molar-refractivity contribution < 1.29 is 9.53 Å². The van der Waals surface area contributed by atoms with Crippen LogP contribution >= 0.6 is 0 Å². The van der Waals surface area contributed by atoms with Crippen LogP contribution in [0.25, 0.3) is 10.9 Å². The predicted molar refractivity (Wildman–Crippen MR) is 123 cm³/mol. The van der Waals surface area contributed by atoms with Gasteiger partial charge in [-0.15, -0.1) is 0 Å². The number of aromatic nitrogens is 2. The topological polar surface area (TPSA) is 67.0 Å². The third-order valence-corrected chi connectivity index (χ3v) is 5.71. The Bertz CT molecular complexity index is 1150. The zero-order valence-corrected chi connectivity index (χ0v) is 17.9. The Morgan fingerprint density at radius 1 is 1.13 bits per heavy atom. The first kappa shape index (κ1) is 20.7. The number of hydrogen-bond acceptors (Lipinski definition) is 3. The van der Waals surface area contributed by atoms with Gasteiger partial charge >= 0.3 is 0 Å². The van der Waals surface area contributed by atoms with E-state index in [4.69, 9.17) is 4.74 Å². The zero-order valence-electron chi connectivity index (χ0n) is 17.9. The van der Waals surface area contributed by atoms with E-state index < -0.39 is 0 Å². The molecule has 0 spiro atoms. The number of para-hydroxylation sites is 1. The first-order valence-corrected chi connectivity index (χ1v) is 10.6. The van der Waals surface area contributed by atoms with Gasteiger partial charge in [-0.1, -0.05) is 43.3 Å². The molecular formula is C26H27N3O2. The summed E-state index contributed by atoms with van der Waals surface area (Å²) in [6.45, 7) is 2.62. The molecule has 0 saturated carbocycles. The Balaban J connectivity index is 1.64. The predicted octanol–water partition coefficient (Wildman–Crippen LogP) is 4.97. The zero-order chi connectivity index (χ0) is 21.6. The number of rotatable bonds is 8. The molecule has 5 nitrogen and oxygen atoms in total. The molecule has 31 heavy (non-hydrogen) atoms. The monoisotopic (exact) mass is 413 g/mol. The number of H-pyrrole nitrogens is 1. The minimum atomic E-state index is -0.0688. The Kier molecular flexibility index (Phi) is 6.32. The fourth-order valence-corrected chi connectivity index (χ4v) is 4.03. The number of nitrogens with zero attached hydrogens (tertiary/aromatic N) is 1. The molecule has 0 aliphatic carbocycles. The number of carbonyl (C=O) groups excluding carboxylic acids is 1. The molecule has 1 atom stereocenters. The molecule has 1 amide bonds. The van der Waals surface area contributed by atoms with Crippen LogP contribution in [0.15, 0.2) is 73.2 Å². The van der Waals surface area contributed by atoms with Gasteiger partial charge in [-0.25, -0.2) is 0 Å². The van der Waals surface area contributed by atoms with Crippen molar-refractivity contribution in [2.45, 2.75) is 32.2 Å². The summed E-state index contributed by atoms with van der Waals surface area (Å²) in [5, 5.41) is 4.21. The molecule has 0 unspecified atom stereocenters. The van der Waals surface area contributed by atoms with Gasteiger partial charge < -0.3 is 15.0 Å². The molecule has 0 radical (unpaired) electrons. The van der Waals surface area contributed by atoms with Gasteiger partial charge in [0, 0.05) is 48.4 Å². The standard InChI is InChI=1S/C26H27N3O2/c1-3-19-7-4-8-22-24(17-29-26(19)22)23(20-9-11-21(31-2)12-10-20)14-25(30)28-16-18-6-5-13-27-15-18/h4-13,15,17,23,29H,3,14,16H2,1-2H3,(H,28,30)/t23-/m0/s1. The van der Waals surface area contributed by atoms with Crippen molar-refractivity contribution in [3.63, 3.8) is 0 Å². The van der Waals surface area contributed by atoms with Crippen LogP contribution in [-0.4, -0.2) is 23.0 Å². The summed E-state index contributed by atoms with van der Waals surface area (Å²) in [4.78, 5) is 20.5. The van der Waals surface area contributed by atoms with Crippen molar-refractivity contribution in [3.8, 4) is 5.75 Å². The van der Waals surface area contributed by atoms with Crippen LogP contribution in [0.3, 0.4) is 0 Å². The molecular weight excluding hydrogens is 386 g/mol. The van der Waals surface area contributed by atoms with Crippen molar-refractivity contribution in [2.75, 3.05) is 7.11 Å². The van der Waals surface area contributed by atoms with Crippen molar-refractivity contribution in [1.82, 2.24) is 15.3 Å². The second kappa shape index (κ2) is 9.47. The maximum absolute atomic E-state index is 12.9. The number of aromatic amines is 1. The van der Waals surface area contributed by atoms with E-state index in [0.717, 1.165) is 34.4 Å². The normalized spacial score (nSPS) is 11.9. The average Bonchev–Trinajstić information content (AvgIpc) is 3.26. The fraction of sp³-hybridized carbons (Fsp3) is 0.231. The lowest BCUT2D eigenvalue weighted by Gasteiger charge is -2.18. The summed E-state index contributed by atoms with van der Waals surface area (Å²) >= 11 is 0. The number of aryl methyl sites for hydroxylation is 1. The largest absolute Gasteiger partial charge is 0.497 e. The second-order valence-electron chi connectivity index (χ2n) is 7.61. The van der Waals surface area contributed by atoms with E-state index in [2.05, 4.69) is 40.4 Å². The highest BCUT2D eigenvalue weighted by molar-refractivity contribution is 5.88. The Morgan fingerprint density at radius 3 is 2.68 bits per heavy atom. The van der Waals surface area contributed by atoms with Gasteiger partial charge in [0.15, 0.2) is 0 Å². The first-order valence-electron chi connectivity index (χ1n) is 10.6. The molecule has 2 heterocycles. The van der Waals surface area contributed by atoms with E-state index in [1.165, 1.54) is 10.9 Å². The van der Waals surface area contributed by atoms with Crippen molar-refractivity contribution >= 4 is 16.8 Å². The molecule has 5 heteroatoms. The molecule has 2 aromatic heterocycles. The van der Waals surface area contributed by atoms with E-state index in [9.17, 15) is 4.79 Å². The minimum Gasteiger partial charge on any atom is -0.497 e. The van der Waals surface area contributed by atoms with Gasteiger partial charge in [0.25, 0.3) is 0 Å². The van der Waals surface area contributed by atoms with Crippen LogP contribution in [0, 0.1) is 0 Å². The summed E-state index contributed by atoms with van der Waals surface area (Å²) in [6, 6.07) is 18.2. The quantitative estimate of drug-likeness (QED) is 0.428. The third-order valence-electron chi connectivity index (χ3n) is 5.71. The van der Waals surface area contributed by atoms with Crippen LogP contribution in [0.1, 0.15) is 41.5 Å². The molecule has 0 aliphatic heterocycles. The molecule has 0 bridgehead atoms. The van der Waals surface area contributed by atoms with Crippen molar-refractivity contribution in [3.05, 3.63) is 95.4 Å². The first-order chi connectivity index (χ1) is 15.2. The number of carbonyl (C=O) groups is 1. The van der Waals surface area contributed by atoms with Gasteiger partial charge in [-0.3, -0.25) is 9.78 Å². The van der Waals surface area contributed by atoms with Gasteiger partial charge in [-0.2, -0.15) is 0 Å². The highest BCUT2D eigenvalue weighted by Crippen LogP contribution is 2.35. The van der Waals surface area contributed by atoms with Crippen LogP contribution in [0.5, 0.6) is 5.75 Å². The Morgan fingerprint density at radius 2 is 1.97 bits per heavy atom. The smallest absolute Gasteiger partial charge is 0.221 e. The fourth-order valence-electron chi connectivity index (χ4n) is 4.03. The number of hydrogen-bond donors (Lipinski definition) is 2. The van der Waals surface area contributed by atoms with Crippen LogP contribution in [0.2, 0.25) is 0 Å². The number of ether oxygens (including phenoxy) is 1. The molecule has 2 N–H and O–H groups in total. The van der Waals surface area contributed by atoms with Crippen molar-refractivity contribution in [2.24, 2.45) is 0 Å². The number of benzene rings is 2. The lowest BCUT2D eigenvalue weighted by atomic mass is 9.87. The van der Waals surface area contributed by atoms with E-state index >= 15 is 0 Å². The third kappa shape index (κ3) is 4.61. The number of nitrogens with one attached hydrogen (secondary N) is 2. The van der Waals surface area contributed by atoms with Crippen LogP contribution < -0.4 is 10.1 Å². The lowest BCUT2D eigenvalue weighted by Crippen LogP contribution is -2.25. The molecule has 158 valence electrons. The summed E-state index contributed by atoms with van der Waals surface area (Å²) in [5.74, 6) is 0.738. The average molecular weight is 414 g/mol. The number of fused-ring (bicyclic) bond motifs is 1. The number of methoxy groups -OCH3 is 1. The van der Waals surface area contributed by atoms with E-state index in [-0.39, 0.29) is 11.8 Å². The number of pyridine rings is 1. The summed E-state index contributed by atoms with van der Waals surface area (Å²) < 4.78 is 5.32. The summed E-state index contributed by atoms with van der Waals surface area (Å²) in [7, 11) is 1.66. The van der Waals surface area contributed by atoms with E-state index in [1.54, 1.807) is 19.5 Å². The maximum Gasteiger partial charge on any atom is 0.221 e. The van der Waals surface area contributed by atoms with Gasteiger partial charge in [-0.05, 0) is 46.9 Å². The maximum atomic E-state index is 12.9. The van der Waals surface area contributed by atoms with Gasteiger partial charge in [0.2, 0.25) is 5.91 Å². The molecule has 4 rings (SSSR count). The Hall–Kier alpha value is -3.60. The minimum absolute atomic E-state index is 0.00525. The highest BCUT2D eigenvalue weighted by atomic mass is 16.5. The molecule has 0 aliphatic rings. The Labute approximate surface area is 182 Å². The highest BCUT2D eigenvalue weighted by Gasteiger charge is 2.22. The number of amides is 1. The summed E-state index contributed by atoms with van der Waals surface area (Å²) in [5.41, 5.74) is 5.62. The molecule has 2 aromatic carbocycles. The van der Waals surface area contributed by atoms with Crippen LogP contribution in [-0.2, 0) is 17.8 Å². The summed E-state index contributed by atoms with van der Waals surface area (Å²) in [6.07, 6.45) is 6.86. The molecule has 4 aromatic rings. The van der Waals surface area contributed by atoms with E-state index in [1.807, 2.05) is 42.6 Å². The van der Waals surface area contributed by atoms with Crippen molar-refractivity contribution in [1.29, 1.82) is 0 Å². The van der Waals surface area contributed by atoms with E-state index in [0.29, 0.717) is 13.0 Å². The molecule has 0 fully saturated rings. The second-order valence-corrected chi connectivity index (χ2v) is 7.61. The van der Waals surface area contributed by atoms with Crippen LogP contribution in [0.4, 0.5) is 0 Å². The SMILES string of the molecule is CCc1cccc2c([C@@H](CC(=O)NCc3cccnc3)c3ccc(OC)cc3)c[nH]c12. The van der Waals surface area contributed by atoms with Gasteiger partial charge in [0.05, 0.1) is 7.11 Å².